The quantitative estimate of drug-likeness (QED) is 0.587. The lowest BCUT2D eigenvalue weighted by Gasteiger charge is -2.13. The molecule has 0 aromatic heterocycles. The van der Waals surface area contributed by atoms with Gasteiger partial charge in [-0.15, -0.1) is 0 Å². The fourth-order valence-electron chi connectivity index (χ4n) is 1.92. The first-order valence-corrected chi connectivity index (χ1v) is 8.43. The van der Waals surface area contributed by atoms with Gasteiger partial charge in [0.25, 0.3) is 5.91 Å². The fourth-order valence-corrected chi connectivity index (χ4v) is 3.73. The van der Waals surface area contributed by atoms with Crippen molar-refractivity contribution >= 4 is 69.5 Å². The smallest absolute Gasteiger partial charge is 0.303 e. The number of aliphatic carboxylic acids is 1. The van der Waals surface area contributed by atoms with E-state index in [0.717, 1.165) is 11.8 Å². The topological polar surface area (TPSA) is 77.8 Å². The molecule has 2 rings (SSSR count). The summed E-state index contributed by atoms with van der Waals surface area (Å²) in [4.78, 5) is 24.5. The molecule has 2 N–H and O–H groups in total. The van der Waals surface area contributed by atoms with Crippen LogP contribution in [0.4, 0.5) is 0 Å². The molecule has 9 heteroatoms. The van der Waals surface area contributed by atoms with Crippen molar-refractivity contribution in [3.8, 4) is 5.75 Å². The minimum absolute atomic E-state index is 0.0409. The molecule has 122 valence electrons. The second-order valence-electron chi connectivity index (χ2n) is 4.66. The molecule has 5 nitrogen and oxygen atoms in total. The number of thioether (sulfide) groups is 1. The summed E-state index contributed by atoms with van der Waals surface area (Å²) in [6.45, 7) is 0.233. The van der Waals surface area contributed by atoms with Crippen molar-refractivity contribution in [2.45, 2.75) is 12.8 Å². The molecule has 0 atom stereocenters. The maximum Gasteiger partial charge on any atom is 0.303 e. The Morgan fingerprint density at radius 1 is 1.39 bits per heavy atom. The maximum absolute atomic E-state index is 12.3. The SMILES string of the molecule is O=C(O)CCCN1C(=O)/C(=C\c2cc(Cl)cc(Cl)c2O)SC1=S. The molecule has 0 radical (unpaired) electrons. The molecule has 0 bridgehead atoms. The molecule has 1 fully saturated rings. The predicted molar refractivity (Wildman–Crippen MR) is 94.9 cm³/mol. The van der Waals surface area contributed by atoms with Crippen LogP contribution >= 0.6 is 47.2 Å². The van der Waals surface area contributed by atoms with Gasteiger partial charge in [0.1, 0.15) is 10.1 Å². The van der Waals surface area contributed by atoms with E-state index < -0.39 is 5.97 Å². The molecule has 0 unspecified atom stereocenters. The van der Waals surface area contributed by atoms with E-state index in [0.29, 0.717) is 26.2 Å². The molecule has 1 heterocycles. The number of phenolic OH excluding ortho intramolecular Hbond substituents is 1. The number of nitrogens with zero attached hydrogens (tertiary/aromatic N) is 1. The van der Waals surface area contributed by atoms with Crippen molar-refractivity contribution in [2.75, 3.05) is 6.54 Å². The molecule has 0 spiro atoms. The van der Waals surface area contributed by atoms with Crippen LogP contribution < -0.4 is 0 Å². The lowest BCUT2D eigenvalue weighted by Crippen LogP contribution is -2.29. The normalized spacial score (nSPS) is 16.4. The molecular weight excluding hydrogens is 381 g/mol. The molecule has 0 aliphatic carbocycles. The standard InChI is InChI=1S/C14H11Cl2NO4S2/c15-8-4-7(12(20)9(16)6-8)5-10-13(21)17(14(22)23-10)3-1-2-11(18)19/h4-6,20H,1-3H2,(H,18,19)/b10-5+. The molecule has 1 aliphatic heterocycles. The monoisotopic (exact) mass is 391 g/mol. The second kappa shape index (κ2) is 7.53. The second-order valence-corrected chi connectivity index (χ2v) is 7.18. The van der Waals surface area contributed by atoms with Gasteiger partial charge in [0.2, 0.25) is 0 Å². The van der Waals surface area contributed by atoms with Crippen molar-refractivity contribution in [3.05, 3.63) is 32.6 Å². The number of amides is 1. The van der Waals surface area contributed by atoms with Gasteiger partial charge in [-0.1, -0.05) is 47.2 Å². The molecule has 1 saturated heterocycles. The van der Waals surface area contributed by atoms with E-state index in [-0.39, 0.29) is 29.6 Å². The summed E-state index contributed by atoms with van der Waals surface area (Å²) in [6, 6.07) is 2.88. The van der Waals surface area contributed by atoms with E-state index in [2.05, 4.69) is 0 Å². The number of phenols is 1. The molecule has 1 aromatic carbocycles. The van der Waals surface area contributed by atoms with Crippen LogP contribution in [0.5, 0.6) is 5.75 Å². The Bertz CT molecular complexity index is 721. The number of carboxylic acids is 1. The van der Waals surface area contributed by atoms with Gasteiger partial charge in [-0.05, 0) is 24.6 Å². The number of rotatable bonds is 5. The zero-order valence-electron chi connectivity index (χ0n) is 11.6. The summed E-state index contributed by atoms with van der Waals surface area (Å²) in [7, 11) is 0. The van der Waals surface area contributed by atoms with E-state index in [1.165, 1.54) is 23.1 Å². The van der Waals surface area contributed by atoms with Crippen molar-refractivity contribution in [1.29, 1.82) is 0 Å². The Morgan fingerprint density at radius 3 is 2.74 bits per heavy atom. The van der Waals surface area contributed by atoms with Gasteiger partial charge in [0, 0.05) is 23.6 Å². The average molecular weight is 392 g/mol. The molecular formula is C14H11Cl2NO4S2. The highest BCUT2D eigenvalue weighted by Gasteiger charge is 2.31. The first-order valence-electron chi connectivity index (χ1n) is 6.44. The summed E-state index contributed by atoms with van der Waals surface area (Å²) in [5, 5.41) is 19.0. The van der Waals surface area contributed by atoms with Crippen molar-refractivity contribution in [2.24, 2.45) is 0 Å². The molecule has 0 saturated carbocycles. The highest BCUT2D eigenvalue weighted by molar-refractivity contribution is 8.26. The lowest BCUT2D eigenvalue weighted by molar-refractivity contribution is -0.137. The number of halogens is 2. The summed E-state index contributed by atoms with van der Waals surface area (Å²) in [6.07, 6.45) is 1.73. The number of carbonyl (C=O) groups is 2. The Labute approximate surface area is 151 Å². The zero-order valence-corrected chi connectivity index (χ0v) is 14.7. The summed E-state index contributed by atoms with van der Waals surface area (Å²) >= 11 is 18.0. The van der Waals surface area contributed by atoms with Gasteiger partial charge in [0.15, 0.2) is 0 Å². The lowest BCUT2D eigenvalue weighted by atomic mass is 10.2. The Balaban J connectivity index is 2.20. The highest BCUT2D eigenvalue weighted by atomic mass is 35.5. The van der Waals surface area contributed by atoms with Crippen molar-refractivity contribution in [1.82, 2.24) is 4.90 Å². The summed E-state index contributed by atoms with van der Waals surface area (Å²) in [5.74, 6) is -1.43. The molecule has 1 aliphatic rings. The Kier molecular flexibility index (Phi) is 5.91. The zero-order chi connectivity index (χ0) is 17.1. The number of carbonyl (C=O) groups excluding carboxylic acids is 1. The van der Waals surface area contributed by atoms with Crippen LogP contribution in [-0.2, 0) is 9.59 Å². The van der Waals surface area contributed by atoms with Gasteiger partial charge < -0.3 is 10.2 Å². The number of hydrogen-bond acceptors (Lipinski definition) is 5. The Hall–Kier alpha value is -1.28. The average Bonchev–Trinajstić information content (AvgIpc) is 2.71. The third kappa shape index (κ3) is 4.38. The number of carboxylic acid groups (broad SMARTS) is 1. The van der Waals surface area contributed by atoms with E-state index in [1.807, 2.05) is 0 Å². The number of hydrogen-bond donors (Lipinski definition) is 2. The van der Waals surface area contributed by atoms with Gasteiger partial charge in [-0.2, -0.15) is 0 Å². The van der Waals surface area contributed by atoms with Gasteiger partial charge >= 0.3 is 5.97 Å². The minimum atomic E-state index is -0.926. The van der Waals surface area contributed by atoms with E-state index in [4.69, 9.17) is 40.5 Å². The predicted octanol–water partition coefficient (Wildman–Crippen LogP) is 3.77. The van der Waals surface area contributed by atoms with Crippen LogP contribution in [0.2, 0.25) is 10.0 Å². The van der Waals surface area contributed by atoms with Crippen LogP contribution in [-0.4, -0.2) is 37.9 Å². The highest BCUT2D eigenvalue weighted by Crippen LogP contribution is 2.37. The van der Waals surface area contributed by atoms with Crippen LogP contribution in [0.15, 0.2) is 17.0 Å². The first kappa shape index (κ1) is 18.1. The van der Waals surface area contributed by atoms with E-state index in [9.17, 15) is 14.7 Å². The maximum atomic E-state index is 12.3. The van der Waals surface area contributed by atoms with Gasteiger partial charge in [0.05, 0.1) is 9.93 Å². The third-order valence-electron chi connectivity index (χ3n) is 2.99. The Morgan fingerprint density at radius 2 is 2.09 bits per heavy atom. The minimum Gasteiger partial charge on any atom is -0.506 e. The molecule has 23 heavy (non-hydrogen) atoms. The van der Waals surface area contributed by atoms with E-state index in [1.54, 1.807) is 0 Å². The summed E-state index contributed by atoms with van der Waals surface area (Å²) < 4.78 is 0.347. The van der Waals surface area contributed by atoms with Crippen LogP contribution in [0.3, 0.4) is 0 Å². The van der Waals surface area contributed by atoms with Crippen LogP contribution in [0, 0.1) is 0 Å². The van der Waals surface area contributed by atoms with Crippen LogP contribution in [0.25, 0.3) is 6.08 Å². The number of aromatic hydroxyl groups is 1. The fraction of sp³-hybridized carbons (Fsp3) is 0.214. The molecule has 1 amide bonds. The molecule has 1 aromatic rings. The largest absolute Gasteiger partial charge is 0.506 e. The van der Waals surface area contributed by atoms with Gasteiger partial charge in [-0.25, -0.2) is 0 Å². The van der Waals surface area contributed by atoms with Crippen LogP contribution in [0.1, 0.15) is 18.4 Å². The first-order chi connectivity index (χ1) is 10.8. The summed E-state index contributed by atoms with van der Waals surface area (Å²) in [5.41, 5.74) is 0.313. The number of thiocarbonyl (C=S) groups is 1. The van der Waals surface area contributed by atoms with E-state index >= 15 is 0 Å². The van der Waals surface area contributed by atoms with Crippen molar-refractivity contribution < 1.29 is 19.8 Å². The third-order valence-corrected chi connectivity index (χ3v) is 4.87. The van der Waals surface area contributed by atoms with Crippen molar-refractivity contribution in [3.63, 3.8) is 0 Å². The van der Waals surface area contributed by atoms with Gasteiger partial charge in [-0.3, -0.25) is 14.5 Å². The number of benzene rings is 1.